The Kier molecular flexibility index (Phi) is 8.78. The standard InChI is InChI=1S/C24H33ClN2O3S/c1-4-19(28)14-26(13-17(2)3)15-24(29)27-11-9-23-21(10-12-31-23)22(27)16-30-20-7-5-18(25)6-8-20/h5-8,10,12,17,19,22,28H,4,9,11,13-16H2,1-3H3/t19-,22-/m1/s1. The van der Waals surface area contributed by atoms with E-state index in [4.69, 9.17) is 16.3 Å². The number of carbonyl (C=O) groups excluding carboxylic acids is 1. The lowest BCUT2D eigenvalue weighted by atomic mass is 10.00. The SMILES string of the molecule is CC[C@@H](O)CN(CC(=O)N1CCc2sccc2[C@H]1COc1ccc(Cl)cc1)CC(C)C. The lowest BCUT2D eigenvalue weighted by molar-refractivity contribution is -0.136. The number of nitrogens with zero attached hydrogens (tertiary/aromatic N) is 2. The highest BCUT2D eigenvalue weighted by Crippen LogP contribution is 2.34. The Morgan fingerprint density at radius 3 is 2.71 bits per heavy atom. The van der Waals surface area contributed by atoms with E-state index in [1.807, 2.05) is 24.0 Å². The molecule has 0 aliphatic carbocycles. The van der Waals surface area contributed by atoms with E-state index >= 15 is 0 Å². The van der Waals surface area contributed by atoms with Gasteiger partial charge in [-0.2, -0.15) is 0 Å². The number of rotatable bonds is 10. The lowest BCUT2D eigenvalue weighted by Crippen LogP contribution is -2.48. The van der Waals surface area contributed by atoms with Gasteiger partial charge in [0, 0.05) is 29.5 Å². The number of hydrogen-bond donors (Lipinski definition) is 1. The first kappa shape index (κ1) is 24.1. The Balaban J connectivity index is 1.73. The molecule has 1 aromatic carbocycles. The first-order chi connectivity index (χ1) is 14.9. The molecule has 1 aliphatic rings. The van der Waals surface area contributed by atoms with E-state index in [1.165, 1.54) is 10.4 Å². The van der Waals surface area contributed by atoms with E-state index < -0.39 is 6.10 Å². The summed E-state index contributed by atoms with van der Waals surface area (Å²) in [7, 11) is 0. The van der Waals surface area contributed by atoms with Gasteiger partial charge in [0.1, 0.15) is 12.4 Å². The molecular weight excluding hydrogens is 432 g/mol. The lowest BCUT2D eigenvalue weighted by Gasteiger charge is -2.37. The Labute approximate surface area is 194 Å². The zero-order chi connectivity index (χ0) is 22.4. The maximum atomic E-state index is 13.4. The van der Waals surface area contributed by atoms with Gasteiger partial charge in [-0.3, -0.25) is 9.69 Å². The maximum absolute atomic E-state index is 13.4. The van der Waals surface area contributed by atoms with Gasteiger partial charge in [0.25, 0.3) is 0 Å². The van der Waals surface area contributed by atoms with E-state index in [-0.39, 0.29) is 11.9 Å². The van der Waals surface area contributed by atoms with Crippen LogP contribution in [0.25, 0.3) is 0 Å². The zero-order valence-electron chi connectivity index (χ0n) is 18.6. The van der Waals surface area contributed by atoms with Crippen LogP contribution in [-0.4, -0.2) is 59.7 Å². The molecular formula is C24H33ClN2O3S. The highest BCUT2D eigenvalue weighted by molar-refractivity contribution is 7.10. The minimum atomic E-state index is -0.416. The second-order valence-corrected chi connectivity index (χ2v) is 10.0. The van der Waals surface area contributed by atoms with Gasteiger partial charge >= 0.3 is 0 Å². The summed E-state index contributed by atoms with van der Waals surface area (Å²) in [4.78, 5) is 18.8. The van der Waals surface area contributed by atoms with Crippen molar-refractivity contribution in [2.75, 3.05) is 32.8 Å². The largest absolute Gasteiger partial charge is 0.491 e. The van der Waals surface area contributed by atoms with Crippen molar-refractivity contribution in [1.82, 2.24) is 9.80 Å². The number of aliphatic hydroxyl groups excluding tert-OH is 1. The second-order valence-electron chi connectivity index (χ2n) is 8.57. The molecule has 0 bridgehead atoms. The van der Waals surface area contributed by atoms with Gasteiger partial charge in [-0.15, -0.1) is 11.3 Å². The third-order valence-corrected chi connectivity index (χ3v) is 6.81. The van der Waals surface area contributed by atoms with E-state index in [0.29, 0.717) is 43.6 Å². The Hall–Kier alpha value is -1.60. The topological polar surface area (TPSA) is 53.0 Å². The Morgan fingerprint density at radius 1 is 1.29 bits per heavy atom. The zero-order valence-corrected chi connectivity index (χ0v) is 20.2. The van der Waals surface area contributed by atoms with Gasteiger partial charge in [-0.1, -0.05) is 32.4 Å². The predicted molar refractivity (Wildman–Crippen MR) is 127 cm³/mol. The van der Waals surface area contributed by atoms with Crippen molar-refractivity contribution in [3.8, 4) is 5.75 Å². The van der Waals surface area contributed by atoms with Crippen molar-refractivity contribution in [2.45, 2.75) is 45.8 Å². The molecule has 0 fully saturated rings. The van der Waals surface area contributed by atoms with Gasteiger partial charge in [0.05, 0.1) is 18.7 Å². The fraction of sp³-hybridized carbons (Fsp3) is 0.542. The molecule has 170 valence electrons. The fourth-order valence-corrected chi connectivity index (χ4v) is 5.06. The van der Waals surface area contributed by atoms with Crippen molar-refractivity contribution in [3.05, 3.63) is 51.2 Å². The molecule has 31 heavy (non-hydrogen) atoms. The molecule has 2 atom stereocenters. The molecule has 0 radical (unpaired) electrons. The molecule has 7 heteroatoms. The van der Waals surface area contributed by atoms with Crippen molar-refractivity contribution in [2.24, 2.45) is 5.92 Å². The summed E-state index contributed by atoms with van der Waals surface area (Å²) in [6, 6.07) is 9.31. The molecule has 5 nitrogen and oxygen atoms in total. The molecule has 1 aromatic heterocycles. The number of aliphatic hydroxyl groups is 1. The predicted octanol–water partition coefficient (Wildman–Crippen LogP) is 4.64. The third-order valence-electron chi connectivity index (χ3n) is 5.56. The smallest absolute Gasteiger partial charge is 0.237 e. The summed E-state index contributed by atoms with van der Waals surface area (Å²) in [5.41, 5.74) is 1.18. The van der Waals surface area contributed by atoms with Crippen LogP contribution in [0.1, 0.15) is 43.7 Å². The number of halogens is 1. The maximum Gasteiger partial charge on any atom is 0.237 e. The van der Waals surface area contributed by atoms with Crippen molar-refractivity contribution >= 4 is 28.8 Å². The van der Waals surface area contributed by atoms with E-state index in [9.17, 15) is 9.90 Å². The van der Waals surface area contributed by atoms with Crippen LogP contribution in [0.15, 0.2) is 35.7 Å². The fourth-order valence-electron chi connectivity index (χ4n) is 4.01. The normalized spacial score (nSPS) is 17.1. The summed E-state index contributed by atoms with van der Waals surface area (Å²) < 4.78 is 6.06. The molecule has 0 saturated carbocycles. The Morgan fingerprint density at radius 2 is 2.03 bits per heavy atom. The highest BCUT2D eigenvalue weighted by Gasteiger charge is 2.33. The molecule has 3 rings (SSSR count). The van der Waals surface area contributed by atoms with Gasteiger partial charge in [-0.05, 0) is 60.0 Å². The van der Waals surface area contributed by atoms with Crippen molar-refractivity contribution in [1.29, 1.82) is 0 Å². The summed E-state index contributed by atoms with van der Waals surface area (Å²) in [5.74, 6) is 1.25. The average molecular weight is 465 g/mol. The Bertz CT molecular complexity index is 840. The van der Waals surface area contributed by atoms with E-state index in [0.717, 1.165) is 18.7 Å². The number of benzene rings is 1. The van der Waals surface area contributed by atoms with Crippen LogP contribution >= 0.6 is 22.9 Å². The molecule has 0 saturated heterocycles. The van der Waals surface area contributed by atoms with Crippen LogP contribution in [0, 0.1) is 5.92 Å². The van der Waals surface area contributed by atoms with Gasteiger partial charge in [0.15, 0.2) is 0 Å². The number of amides is 1. The molecule has 1 aliphatic heterocycles. The van der Waals surface area contributed by atoms with Gasteiger partial charge in [0.2, 0.25) is 5.91 Å². The summed E-state index contributed by atoms with van der Waals surface area (Å²) >= 11 is 7.72. The molecule has 0 spiro atoms. The molecule has 2 heterocycles. The number of hydrogen-bond acceptors (Lipinski definition) is 5. The number of thiophene rings is 1. The van der Waals surface area contributed by atoms with Crippen molar-refractivity contribution in [3.63, 3.8) is 0 Å². The van der Waals surface area contributed by atoms with Crippen LogP contribution in [-0.2, 0) is 11.2 Å². The summed E-state index contributed by atoms with van der Waals surface area (Å²) in [6.45, 7) is 8.94. The number of ether oxygens (including phenoxy) is 1. The third kappa shape index (κ3) is 6.69. The minimum absolute atomic E-state index is 0.0884. The van der Waals surface area contributed by atoms with Crippen LogP contribution in [0.3, 0.4) is 0 Å². The van der Waals surface area contributed by atoms with Crippen molar-refractivity contribution < 1.29 is 14.6 Å². The monoisotopic (exact) mass is 464 g/mol. The number of fused-ring (bicyclic) bond motifs is 1. The number of carbonyl (C=O) groups is 1. The molecule has 0 unspecified atom stereocenters. The van der Waals surface area contributed by atoms with Crippen LogP contribution in [0.5, 0.6) is 5.75 Å². The molecule has 2 aromatic rings. The van der Waals surface area contributed by atoms with Crippen LogP contribution < -0.4 is 4.74 Å². The molecule has 1 amide bonds. The van der Waals surface area contributed by atoms with Gasteiger partial charge in [-0.25, -0.2) is 0 Å². The second kappa shape index (κ2) is 11.3. The average Bonchev–Trinajstić information content (AvgIpc) is 3.21. The first-order valence-electron chi connectivity index (χ1n) is 11.0. The quantitative estimate of drug-likeness (QED) is 0.556. The summed E-state index contributed by atoms with van der Waals surface area (Å²) in [5, 5.41) is 12.9. The van der Waals surface area contributed by atoms with Gasteiger partial charge < -0.3 is 14.7 Å². The van der Waals surface area contributed by atoms with E-state index in [2.05, 4.69) is 30.2 Å². The highest BCUT2D eigenvalue weighted by atomic mass is 35.5. The minimum Gasteiger partial charge on any atom is -0.491 e. The van der Waals surface area contributed by atoms with Crippen LogP contribution in [0.4, 0.5) is 0 Å². The first-order valence-corrected chi connectivity index (χ1v) is 12.3. The van der Waals surface area contributed by atoms with E-state index in [1.54, 1.807) is 23.5 Å². The summed E-state index contributed by atoms with van der Waals surface area (Å²) in [6.07, 6.45) is 1.14. The molecule has 1 N–H and O–H groups in total. The van der Waals surface area contributed by atoms with Crippen LogP contribution in [0.2, 0.25) is 5.02 Å².